The largest absolute Gasteiger partial charge is 0.503 e. The number of benzene rings is 3. The lowest BCUT2D eigenvalue weighted by atomic mass is 9.94. The summed E-state index contributed by atoms with van der Waals surface area (Å²) in [6.45, 7) is 1.90. The Kier molecular flexibility index (Phi) is 5.95. The molecule has 1 atom stereocenters. The molecule has 202 valence electrons. The summed E-state index contributed by atoms with van der Waals surface area (Å²) in [5.41, 5.74) is 2.88. The summed E-state index contributed by atoms with van der Waals surface area (Å²) in [5, 5.41) is 11.8. The molecule has 0 spiro atoms. The van der Waals surface area contributed by atoms with Crippen LogP contribution in [0.5, 0.6) is 17.2 Å². The number of hydrogen-bond donors (Lipinski definition) is 2. The molecule has 0 saturated carbocycles. The average molecular weight is 540 g/mol. The highest BCUT2D eigenvalue weighted by Crippen LogP contribution is 2.43. The third-order valence-corrected chi connectivity index (χ3v) is 6.97. The number of Topliss-reactive ketones (excluding diaryl/α,β-unsaturated/α-hetero) is 1. The molecule has 40 heavy (non-hydrogen) atoms. The zero-order valence-corrected chi connectivity index (χ0v) is 22.1. The molecule has 3 heterocycles. The van der Waals surface area contributed by atoms with E-state index in [4.69, 9.17) is 18.6 Å². The summed E-state index contributed by atoms with van der Waals surface area (Å²) in [4.78, 5) is 36.6. The molecule has 6 rings (SSSR count). The molecule has 0 fully saturated rings. The van der Waals surface area contributed by atoms with E-state index in [-0.39, 0.29) is 17.3 Å². The lowest BCUT2D eigenvalue weighted by Crippen LogP contribution is -2.32. The van der Waals surface area contributed by atoms with Gasteiger partial charge in [0.2, 0.25) is 11.7 Å². The molecule has 2 aromatic heterocycles. The number of carbonyl (C=O) groups excluding carboxylic acids is 2. The lowest BCUT2D eigenvalue weighted by Gasteiger charge is -2.24. The van der Waals surface area contributed by atoms with Gasteiger partial charge < -0.3 is 28.7 Å². The number of aromatic amines is 1. The number of rotatable bonds is 7. The summed E-state index contributed by atoms with van der Waals surface area (Å²) in [6, 6.07) is 16.6. The number of amides is 1. The Labute approximate surface area is 228 Å². The number of methoxy groups -OCH3 is 3. The van der Waals surface area contributed by atoms with Gasteiger partial charge in [0.05, 0.1) is 44.0 Å². The van der Waals surface area contributed by atoms with E-state index in [0.717, 1.165) is 5.56 Å². The Morgan fingerprint density at radius 1 is 0.975 bits per heavy atom. The molecule has 10 nitrogen and oxygen atoms in total. The highest BCUT2D eigenvalue weighted by Gasteiger charge is 2.46. The molecule has 2 N–H and O–H groups in total. The average Bonchev–Trinajstić information content (AvgIpc) is 3.65. The molecule has 5 aromatic rings. The van der Waals surface area contributed by atoms with Crippen LogP contribution in [-0.4, -0.2) is 48.1 Å². The number of ketones is 1. The first-order valence-electron chi connectivity index (χ1n) is 12.4. The number of nitrogens with zero attached hydrogens (tertiary/aromatic N) is 2. The van der Waals surface area contributed by atoms with Crippen LogP contribution in [0.25, 0.3) is 22.0 Å². The van der Waals surface area contributed by atoms with Crippen LogP contribution in [0.4, 0.5) is 5.95 Å². The number of carbonyl (C=O) groups is 2. The minimum absolute atomic E-state index is 0.0348. The molecule has 3 aromatic carbocycles. The number of H-pyrrole nitrogens is 1. The molecule has 1 unspecified atom stereocenters. The van der Waals surface area contributed by atoms with Gasteiger partial charge in [-0.25, -0.2) is 4.98 Å². The quantitative estimate of drug-likeness (QED) is 0.262. The third kappa shape index (κ3) is 3.84. The molecule has 10 heteroatoms. The molecule has 1 aliphatic heterocycles. The van der Waals surface area contributed by atoms with Crippen LogP contribution in [0.1, 0.15) is 27.7 Å². The number of ether oxygens (including phenoxy) is 3. The van der Waals surface area contributed by atoms with Crippen LogP contribution in [0.15, 0.2) is 76.4 Å². The van der Waals surface area contributed by atoms with Crippen LogP contribution < -0.4 is 19.1 Å². The first kappa shape index (κ1) is 25.1. The zero-order valence-electron chi connectivity index (χ0n) is 22.1. The number of furan rings is 1. The van der Waals surface area contributed by atoms with Gasteiger partial charge in [-0.15, -0.1) is 0 Å². The first-order chi connectivity index (χ1) is 19.3. The Hall–Kier alpha value is -5.25. The molecule has 0 radical (unpaired) electrons. The number of nitrogens with one attached hydrogen (secondary N) is 1. The number of anilines is 1. The van der Waals surface area contributed by atoms with Crippen molar-refractivity contribution in [2.24, 2.45) is 0 Å². The van der Waals surface area contributed by atoms with Gasteiger partial charge in [0.25, 0.3) is 5.91 Å². The van der Waals surface area contributed by atoms with Crippen molar-refractivity contribution in [1.29, 1.82) is 0 Å². The monoisotopic (exact) mass is 539 g/mol. The second-order valence-corrected chi connectivity index (χ2v) is 9.36. The normalized spacial score (nSPS) is 15.3. The summed E-state index contributed by atoms with van der Waals surface area (Å²) < 4.78 is 22.0. The maximum Gasteiger partial charge on any atom is 0.296 e. The van der Waals surface area contributed by atoms with E-state index in [1.54, 1.807) is 42.5 Å². The number of para-hydroxylation sites is 1. The molecule has 0 bridgehead atoms. The van der Waals surface area contributed by atoms with Gasteiger partial charge in [-0.1, -0.05) is 42.0 Å². The van der Waals surface area contributed by atoms with Gasteiger partial charge in [-0.05, 0) is 24.6 Å². The fourth-order valence-corrected chi connectivity index (χ4v) is 5.09. The number of imidazole rings is 1. The van der Waals surface area contributed by atoms with Crippen LogP contribution in [0, 0.1) is 6.92 Å². The summed E-state index contributed by atoms with van der Waals surface area (Å²) in [7, 11) is 4.54. The molecule has 1 amide bonds. The number of fused-ring (bicyclic) bond motifs is 2. The van der Waals surface area contributed by atoms with E-state index < -0.39 is 23.5 Å². The summed E-state index contributed by atoms with van der Waals surface area (Å²) in [6.07, 6.45) is 0. The number of aryl methyl sites for hydroxylation is 1. The van der Waals surface area contributed by atoms with Crippen molar-refractivity contribution in [1.82, 2.24) is 9.97 Å². The first-order valence-corrected chi connectivity index (χ1v) is 12.4. The van der Waals surface area contributed by atoms with Crippen molar-refractivity contribution in [2.75, 3.05) is 26.2 Å². The van der Waals surface area contributed by atoms with Gasteiger partial charge in [-0.2, -0.15) is 0 Å². The molecular formula is C30H25N3O7. The minimum Gasteiger partial charge on any atom is -0.503 e. The van der Waals surface area contributed by atoms with E-state index in [9.17, 15) is 14.7 Å². The van der Waals surface area contributed by atoms with Crippen molar-refractivity contribution < 1.29 is 33.3 Å². The second kappa shape index (κ2) is 9.49. The van der Waals surface area contributed by atoms with Crippen LogP contribution in [0.3, 0.4) is 0 Å². The van der Waals surface area contributed by atoms with E-state index in [1.807, 2.05) is 25.1 Å². The van der Waals surface area contributed by atoms with Gasteiger partial charge in [0, 0.05) is 17.5 Å². The van der Waals surface area contributed by atoms with E-state index in [1.165, 1.54) is 26.2 Å². The Balaban J connectivity index is 1.51. The SMILES string of the molecule is COc1cc2nc(N3C(=O)C(O)=C(C(=O)c4cc5cccc(OC)c5o4)C3c3cccc(C)c3)[nH]c2cc1OC. The van der Waals surface area contributed by atoms with E-state index >= 15 is 0 Å². The smallest absolute Gasteiger partial charge is 0.296 e. The Morgan fingerprint density at radius 3 is 2.42 bits per heavy atom. The standard InChI is InChI=1S/C30H25N3O7/c1-15-7-5-8-16(11-15)25-24(26(34)23-12-17-9-6-10-20(37-2)28(17)40-23)27(35)29(36)33(25)30-31-18-13-21(38-3)22(39-4)14-19(18)32-30/h5-14,25,35H,1-4H3,(H,31,32). The van der Waals surface area contributed by atoms with Crippen LogP contribution >= 0.6 is 0 Å². The van der Waals surface area contributed by atoms with Crippen molar-refractivity contribution in [3.63, 3.8) is 0 Å². The lowest BCUT2D eigenvalue weighted by molar-refractivity contribution is -0.117. The highest BCUT2D eigenvalue weighted by molar-refractivity contribution is 6.20. The predicted octanol–water partition coefficient (Wildman–Crippen LogP) is 5.43. The van der Waals surface area contributed by atoms with Gasteiger partial charge in [0.15, 0.2) is 34.4 Å². The maximum atomic E-state index is 14.0. The van der Waals surface area contributed by atoms with Crippen molar-refractivity contribution in [3.05, 3.63) is 88.9 Å². The highest BCUT2D eigenvalue weighted by atomic mass is 16.5. The maximum absolute atomic E-state index is 14.0. The van der Waals surface area contributed by atoms with E-state index in [0.29, 0.717) is 44.8 Å². The second-order valence-electron chi connectivity index (χ2n) is 9.36. The number of aromatic nitrogens is 2. The fraction of sp³-hybridized carbons (Fsp3) is 0.167. The zero-order chi connectivity index (χ0) is 28.1. The molecule has 0 saturated heterocycles. The number of aliphatic hydroxyl groups excluding tert-OH is 1. The Bertz CT molecular complexity index is 1810. The van der Waals surface area contributed by atoms with Gasteiger partial charge in [0.1, 0.15) is 0 Å². The molecule has 0 aliphatic carbocycles. The number of hydrogen-bond acceptors (Lipinski definition) is 8. The van der Waals surface area contributed by atoms with Gasteiger partial charge >= 0.3 is 0 Å². The van der Waals surface area contributed by atoms with Crippen LogP contribution in [0.2, 0.25) is 0 Å². The van der Waals surface area contributed by atoms with Crippen molar-refractivity contribution >= 4 is 39.6 Å². The number of aliphatic hydroxyl groups is 1. The third-order valence-electron chi connectivity index (χ3n) is 6.97. The fourth-order valence-electron chi connectivity index (χ4n) is 5.09. The Morgan fingerprint density at radius 2 is 1.70 bits per heavy atom. The summed E-state index contributed by atoms with van der Waals surface area (Å²) >= 11 is 0. The van der Waals surface area contributed by atoms with Gasteiger partial charge in [-0.3, -0.25) is 14.5 Å². The predicted molar refractivity (Wildman–Crippen MR) is 147 cm³/mol. The van der Waals surface area contributed by atoms with E-state index in [2.05, 4.69) is 9.97 Å². The topological polar surface area (TPSA) is 127 Å². The molecule has 1 aliphatic rings. The van der Waals surface area contributed by atoms with Crippen molar-refractivity contribution in [2.45, 2.75) is 13.0 Å². The minimum atomic E-state index is -0.987. The molecular weight excluding hydrogens is 514 g/mol. The van der Waals surface area contributed by atoms with Crippen LogP contribution in [-0.2, 0) is 4.79 Å². The van der Waals surface area contributed by atoms with Crippen molar-refractivity contribution in [3.8, 4) is 17.2 Å². The summed E-state index contributed by atoms with van der Waals surface area (Å²) in [5.74, 6) is -0.575.